The molecule has 0 amide bonds. The van der Waals surface area contributed by atoms with E-state index in [1.807, 2.05) is 7.05 Å². The molecule has 1 aromatic carbocycles. The van der Waals surface area contributed by atoms with E-state index in [-0.39, 0.29) is 24.0 Å². The lowest BCUT2D eigenvalue weighted by Gasteiger charge is -2.63. The second-order valence-corrected chi connectivity index (χ2v) is 8.52. The maximum Gasteiger partial charge on any atom is 0.191 e. The third-order valence-corrected chi connectivity index (χ3v) is 7.39. The number of nitrogens with zero attached hydrogens (tertiary/aromatic N) is 1. The SMILES string of the molecule is CN=C(NCC1(c2ccccc2)CC1)NC1C2CCOC2C12CCC2.I. The lowest BCUT2D eigenvalue weighted by Crippen LogP contribution is -2.72. The fourth-order valence-corrected chi connectivity index (χ4v) is 5.56. The molecular weight excluding hydrogens is 437 g/mol. The summed E-state index contributed by atoms with van der Waals surface area (Å²) in [6.07, 6.45) is 8.24. The largest absolute Gasteiger partial charge is 0.377 e. The maximum atomic E-state index is 6.04. The van der Waals surface area contributed by atoms with E-state index in [0.29, 0.717) is 28.9 Å². The highest BCUT2D eigenvalue weighted by Crippen LogP contribution is 2.62. The van der Waals surface area contributed by atoms with Gasteiger partial charge in [-0.3, -0.25) is 4.99 Å². The van der Waals surface area contributed by atoms with Crippen LogP contribution in [0.1, 0.15) is 44.1 Å². The summed E-state index contributed by atoms with van der Waals surface area (Å²) < 4.78 is 6.04. The third-order valence-electron chi connectivity index (χ3n) is 7.39. The van der Waals surface area contributed by atoms with E-state index < -0.39 is 0 Å². The predicted octanol–water partition coefficient (Wildman–Crippen LogP) is 3.46. The maximum absolute atomic E-state index is 6.04. The summed E-state index contributed by atoms with van der Waals surface area (Å²) in [5, 5.41) is 7.41. The number of hydrogen-bond acceptors (Lipinski definition) is 2. The molecule has 1 spiro atoms. The molecule has 5 rings (SSSR count). The number of rotatable bonds is 4. The van der Waals surface area contributed by atoms with Crippen molar-refractivity contribution in [2.45, 2.75) is 56.1 Å². The molecule has 5 heteroatoms. The molecule has 3 saturated carbocycles. The van der Waals surface area contributed by atoms with Gasteiger partial charge in [-0.15, -0.1) is 24.0 Å². The molecule has 1 saturated heterocycles. The molecule has 4 nitrogen and oxygen atoms in total. The number of nitrogens with one attached hydrogen (secondary N) is 2. The Bertz CT molecular complexity index is 669. The lowest BCUT2D eigenvalue weighted by molar-refractivity contribution is -0.171. The first-order valence-electron chi connectivity index (χ1n) is 9.92. The molecular formula is C21H30IN3O. The van der Waals surface area contributed by atoms with Crippen LogP contribution < -0.4 is 10.6 Å². The Hall–Kier alpha value is -0.820. The average molecular weight is 467 g/mol. The highest BCUT2D eigenvalue weighted by atomic mass is 127. The van der Waals surface area contributed by atoms with Gasteiger partial charge in [0.1, 0.15) is 0 Å². The molecule has 4 aliphatic rings. The summed E-state index contributed by atoms with van der Waals surface area (Å²) in [6.45, 7) is 1.92. The third kappa shape index (κ3) is 2.77. The van der Waals surface area contributed by atoms with Crippen LogP contribution in [-0.2, 0) is 10.2 Å². The van der Waals surface area contributed by atoms with Gasteiger partial charge in [-0.05, 0) is 37.7 Å². The number of ether oxygens (including phenoxy) is 1. The first-order chi connectivity index (χ1) is 12.3. The van der Waals surface area contributed by atoms with Crippen molar-refractivity contribution in [3.8, 4) is 0 Å². The van der Waals surface area contributed by atoms with E-state index in [9.17, 15) is 0 Å². The van der Waals surface area contributed by atoms with Crippen LogP contribution in [-0.4, -0.2) is 38.3 Å². The van der Waals surface area contributed by atoms with Gasteiger partial charge in [-0.2, -0.15) is 0 Å². The molecule has 0 aromatic heterocycles. The quantitative estimate of drug-likeness (QED) is 0.405. The van der Waals surface area contributed by atoms with E-state index in [2.05, 4.69) is 46.0 Å². The van der Waals surface area contributed by atoms with Gasteiger partial charge in [-0.25, -0.2) is 0 Å². The Labute approximate surface area is 173 Å². The van der Waals surface area contributed by atoms with Gasteiger partial charge < -0.3 is 15.4 Å². The Morgan fingerprint density at radius 1 is 1.19 bits per heavy atom. The summed E-state index contributed by atoms with van der Waals surface area (Å²) in [6, 6.07) is 11.5. The highest BCUT2D eigenvalue weighted by Gasteiger charge is 2.66. The minimum Gasteiger partial charge on any atom is -0.377 e. The first kappa shape index (κ1) is 18.5. The number of guanidine groups is 1. The summed E-state index contributed by atoms with van der Waals surface area (Å²) in [5.41, 5.74) is 2.17. The smallest absolute Gasteiger partial charge is 0.191 e. The van der Waals surface area contributed by atoms with Crippen LogP contribution in [0.5, 0.6) is 0 Å². The van der Waals surface area contributed by atoms with Gasteiger partial charge in [-0.1, -0.05) is 36.8 Å². The number of aliphatic imine (C=N–C) groups is 1. The number of halogens is 1. The Morgan fingerprint density at radius 3 is 2.58 bits per heavy atom. The van der Waals surface area contributed by atoms with Gasteiger partial charge in [0.25, 0.3) is 0 Å². The second-order valence-electron chi connectivity index (χ2n) is 8.52. The topological polar surface area (TPSA) is 45.7 Å². The molecule has 1 heterocycles. The molecule has 3 aliphatic carbocycles. The van der Waals surface area contributed by atoms with Gasteiger partial charge in [0, 0.05) is 43.0 Å². The minimum absolute atomic E-state index is 0. The molecule has 142 valence electrons. The number of fused-ring (bicyclic) bond motifs is 2. The van der Waals surface area contributed by atoms with Crippen LogP contribution in [0.15, 0.2) is 35.3 Å². The monoisotopic (exact) mass is 467 g/mol. The Balaban J connectivity index is 0.00000168. The second kappa shape index (κ2) is 6.97. The van der Waals surface area contributed by atoms with Crippen molar-refractivity contribution in [1.29, 1.82) is 0 Å². The van der Waals surface area contributed by atoms with Crippen LogP contribution in [0.25, 0.3) is 0 Å². The Morgan fingerprint density at radius 2 is 1.96 bits per heavy atom. The fourth-order valence-electron chi connectivity index (χ4n) is 5.56. The molecule has 2 N–H and O–H groups in total. The van der Waals surface area contributed by atoms with Crippen molar-refractivity contribution < 1.29 is 4.74 Å². The lowest BCUT2D eigenvalue weighted by atomic mass is 9.46. The minimum atomic E-state index is 0. The summed E-state index contributed by atoms with van der Waals surface area (Å²) in [5.74, 6) is 1.66. The van der Waals surface area contributed by atoms with Crippen molar-refractivity contribution in [1.82, 2.24) is 10.6 Å². The standard InChI is InChI=1S/C21H29N3O.HI/c1-22-19(23-14-20(11-12-20)15-6-3-2-4-7-15)24-17-16-8-13-25-18(16)21(17)9-5-10-21;/h2-4,6-7,16-18H,5,8-14H2,1H3,(H2,22,23,24);1H. The van der Waals surface area contributed by atoms with E-state index in [4.69, 9.17) is 4.74 Å². The highest BCUT2D eigenvalue weighted by molar-refractivity contribution is 14.0. The van der Waals surface area contributed by atoms with Gasteiger partial charge in [0.15, 0.2) is 5.96 Å². The van der Waals surface area contributed by atoms with Crippen molar-refractivity contribution in [2.75, 3.05) is 20.2 Å². The zero-order valence-electron chi connectivity index (χ0n) is 15.5. The molecule has 0 bridgehead atoms. The van der Waals surface area contributed by atoms with Crippen molar-refractivity contribution in [3.63, 3.8) is 0 Å². The normalized spacial score (nSPS) is 32.7. The van der Waals surface area contributed by atoms with Crippen LogP contribution in [0.4, 0.5) is 0 Å². The predicted molar refractivity (Wildman–Crippen MR) is 115 cm³/mol. The summed E-state index contributed by atoms with van der Waals surface area (Å²) >= 11 is 0. The Kier molecular flexibility index (Phi) is 4.97. The fraction of sp³-hybridized carbons (Fsp3) is 0.667. The van der Waals surface area contributed by atoms with Crippen molar-refractivity contribution in [2.24, 2.45) is 16.3 Å². The zero-order chi connectivity index (χ0) is 16.9. The van der Waals surface area contributed by atoms with E-state index in [1.54, 1.807) is 0 Å². The van der Waals surface area contributed by atoms with Gasteiger partial charge in [0.05, 0.1) is 6.10 Å². The van der Waals surface area contributed by atoms with Crippen LogP contribution >= 0.6 is 24.0 Å². The van der Waals surface area contributed by atoms with E-state index in [1.165, 1.54) is 44.1 Å². The van der Waals surface area contributed by atoms with Crippen molar-refractivity contribution >= 4 is 29.9 Å². The van der Waals surface area contributed by atoms with E-state index >= 15 is 0 Å². The van der Waals surface area contributed by atoms with E-state index in [0.717, 1.165) is 19.1 Å². The average Bonchev–Trinajstić information content (AvgIpc) is 3.28. The van der Waals surface area contributed by atoms with Crippen LogP contribution in [0, 0.1) is 11.3 Å². The van der Waals surface area contributed by atoms with Gasteiger partial charge >= 0.3 is 0 Å². The molecule has 0 radical (unpaired) electrons. The van der Waals surface area contributed by atoms with Crippen LogP contribution in [0.3, 0.4) is 0 Å². The molecule has 3 atom stereocenters. The summed E-state index contributed by atoms with van der Waals surface area (Å²) in [4.78, 5) is 4.53. The molecule has 4 fully saturated rings. The molecule has 1 aliphatic heterocycles. The first-order valence-corrected chi connectivity index (χ1v) is 9.92. The molecule has 1 aromatic rings. The summed E-state index contributed by atoms with van der Waals surface area (Å²) in [7, 11) is 1.90. The van der Waals surface area contributed by atoms with Gasteiger partial charge in [0.2, 0.25) is 0 Å². The molecule has 3 unspecified atom stereocenters. The number of benzene rings is 1. The molecule has 26 heavy (non-hydrogen) atoms. The van der Waals surface area contributed by atoms with Crippen LogP contribution in [0.2, 0.25) is 0 Å². The van der Waals surface area contributed by atoms with Crippen molar-refractivity contribution in [3.05, 3.63) is 35.9 Å². The zero-order valence-corrected chi connectivity index (χ0v) is 17.9. The number of hydrogen-bond donors (Lipinski definition) is 2.